The summed E-state index contributed by atoms with van der Waals surface area (Å²) >= 11 is 0. The number of hydrogen-bond donors (Lipinski definition) is 2. The van der Waals surface area contributed by atoms with Gasteiger partial charge in [-0.2, -0.15) is 0 Å². The molecule has 0 aliphatic carbocycles. The molecular formula is C17H25FN2O2. The fourth-order valence-corrected chi connectivity index (χ4v) is 2.63. The quantitative estimate of drug-likeness (QED) is 0.840. The van der Waals surface area contributed by atoms with Gasteiger partial charge in [-0.3, -0.25) is 9.59 Å². The van der Waals surface area contributed by atoms with Gasteiger partial charge in [-0.25, -0.2) is 4.39 Å². The van der Waals surface area contributed by atoms with Gasteiger partial charge in [-0.1, -0.05) is 39.0 Å². The van der Waals surface area contributed by atoms with Gasteiger partial charge >= 0.3 is 11.8 Å². The second kappa shape index (κ2) is 6.90. The van der Waals surface area contributed by atoms with E-state index in [2.05, 4.69) is 31.4 Å². The highest BCUT2D eigenvalue weighted by Gasteiger charge is 2.29. The summed E-state index contributed by atoms with van der Waals surface area (Å²) in [6.45, 7) is 9.94. The molecule has 22 heavy (non-hydrogen) atoms. The predicted molar refractivity (Wildman–Crippen MR) is 84.5 cm³/mol. The van der Waals surface area contributed by atoms with Crippen LogP contribution >= 0.6 is 0 Å². The Morgan fingerprint density at radius 2 is 1.64 bits per heavy atom. The zero-order valence-corrected chi connectivity index (χ0v) is 13.9. The van der Waals surface area contributed by atoms with Gasteiger partial charge < -0.3 is 10.6 Å². The minimum atomic E-state index is -0.759. The Kier molecular flexibility index (Phi) is 5.69. The fourth-order valence-electron chi connectivity index (χ4n) is 2.63. The lowest BCUT2D eigenvalue weighted by atomic mass is 9.82. The maximum Gasteiger partial charge on any atom is 0.309 e. The van der Waals surface area contributed by atoms with Gasteiger partial charge in [0.15, 0.2) is 0 Å². The molecule has 5 heteroatoms. The third kappa shape index (κ3) is 6.24. The van der Waals surface area contributed by atoms with Crippen molar-refractivity contribution in [3.05, 3.63) is 35.6 Å². The smallest absolute Gasteiger partial charge is 0.309 e. The summed E-state index contributed by atoms with van der Waals surface area (Å²) in [6.07, 6.45) is 0.729. The molecule has 0 saturated carbocycles. The molecule has 0 saturated heterocycles. The van der Waals surface area contributed by atoms with Gasteiger partial charge in [0.25, 0.3) is 0 Å². The molecule has 0 aliphatic heterocycles. The first-order valence-electron chi connectivity index (χ1n) is 7.34. The molecular weight excluding hydrogens is 283 g/mol. The molecule has 1 aromatic carbocycles. The number of rotatable bonds is 4. The first-order chi connectivity index (χ1) is 10.0. The van der Waals surface area contributed by atoms with E-state index in [1.165, 1.54) is 6.07 Å². The Hall–Kier alpha value is -1.91. The molecule has 0 aliphatic rings. The monoisotopic (exact) mass is 308 g/mol. The van der Waals surface area contributed by atoms with Crippen molar-refractivity contribution < 1.29 is 14.0 Å². The molecule has 0 heterocycles. The molecule has 0 spiro atoms. The largest absolute Gasteiger partial charge is 0.344 e. The van der Waals surface area contributed by atoms with E-state index in [1.807, 2.05) is 13.8 Å². The normalized spacial score (nSPS) is 11.9. The minimum absolute atomic E-state index is 0.0153. The van der Waals surface area contributed by atoms with E-state index < -0.39 is 23.2 Å². The third-order valence-electron chi connectivity index (χ3n) is 3.03. The molecule has 122 valence electrons. The van der Waals surface area contributed by atoms with Crippen molar-refractivity contribution in [1.82, 2.24) is 10.6 Å². The number of carbonyl (C=O) groups excluding carboxylic acids is 2. The second-order valence-corrected chi connectivity index (χ2v) is 7.35. The maximum absolute atomic E-state index is 13.4. The summed E-state index contributed by atoms with van der Waals surface area (Å²) in [6, 6.07) is 6.13. The van der Waals surface area contributed by atoms with Crippen LogP contribution in [0.5, 0.6) is 0 Å². The standard InChI is InChI=1S/C17H25FN2O2/c1-16(2,3)11-17(4,5)20-15(22)14(21)19-10-12-8-6-7-9-13(12)18/h6-9H,10-11H2,1-5H3,(H,19,21)(H,20,22). The van der Waals surface area contributed by atoms with E-state index in [9.17, 15) is 14.0 Å². The summed E-state index contributed by atoms with van der Waals surface area (Å²) in [5, 5.41) is 5.15. The average molecular weight is 308 g/mol. The van der Waals surface area contributed by atoms with Crippen LogP contribution in [0, 0.1) is 11.2 Å². The number of hydrogen-bond acceptors (Lipinski definition) is 2. The number of amides is 2. The topological polar surface area (TPSA) is 58.2 Å². The molecule has 0 aromatic heterocycles. The first-order valence-corrected chi connectivity index (χ1v) is 7.34. The average Bonchev–Trinajstić information content (AvgIpc) is 2.33. The Balaban J connectivity index is 2.56. The Morgan fingerprint density at radius 1 is 1.05 bits per heavy atom. The highest BCUT2D eigenvalue weighted by molar-refractivity contribution is 6.35. The lowest BCUT2D eigenvalue weighted by molar-refractivity contribution is -0.140. The molecule has 0 atom stereocenters. The number of halogens is 1. The van der Waals surface area contributed by atoms with Gasteiger partial charge in [0.1, 0.15) is 5.82 Å². The lowest BCUT2D eigenvalue weighted by Gasteiger charge is -2.33. The molecule has 0 bridgehead atoms. The molecule has 4 nitrogen and oxygen atoms in total. The van der Waals surface area contributed by atoms with Crippen molar-refractivity contribution in [2.24, 2.45) is 5.41 Å². The van der Waals surface area contributed by atoms with Gasteiger partial charge in [-0.15, -0.1) is 0 Å². The fraction of sp³-hybridized carbons (Fsp3) is 0.529. The summed E-state index contributed by atoms with van der Waals surface area (Å²) in [4.78, 5) is 23.8. The van der Waals surface area contributed by atoms with Crippen LogP contribution in [0.4, 0.5) is 4.39 Å². The van der Waals surface area contributed by atoms with Crippen LogP contribution in [-0.2, 0) is 16.1 Å². The van der Waals surface area contributed by atoms with Crippen LogP contribution in [-0.4, -0.2) is 17.4 Å². The molecule has 0 radical (unpaired) electrons. The van der Waals surface area contributed by atoms with Crippen LogP contribution in [0.15, 0.2) is 24.3 Å². The zero-order chi connectivity index (χ0) is 17.0. The van der Waals surface area contributed by atoms with Crippen LogP contribution in [0.2, 0.25) is 0 Å². The predicted octanol–water partition coefficient (Wildman–Crippen LogP) is 2.77. The van der Waals surface area contributed by atoms with Crippen LogP contribution in [0.3, 0.4) is 0 Å². The van der Waals surface area contributed by atoms with Crippen molar-refractivity contribution in [3.63, 3.8) is 0 Å². The Morgan fingerprint density at radius 3 is 2.18 bits per heavy atom. The highest BCUT2D eigenvalue weighted by atomic mass is 19.1. The Labute approximate surface area is 131 Å². The van der Waals surface area contributed by atoms with E-state index in [-0.39, 0.29) is 12.0 Å². The molecule has 0 unspecified atom stereocenters. The van der Waals surface area contributed by atoms with Crippen molar-refractivity contribution in [2.75, 3.05) is 0 Å². The van der Waals surface area contributed by atoms with Crippen molar-refractivity contribution in [2.45, 2.75) is 53.1 Å². The van der Waals surface area contributed by atoms with E-state index in [4.69, 9.17) is 0 Å². The molecule has 1 aromatic rings. The first kappa shape index (κ1) is 18.1. The summed E-state index contributed by atoms with van der Waals surface area (Å²) in [5.74, 6) is -1.87. The van der Waals surface area contributed by atoms with Gasteiger partial charge in [0.05, 0.1) is 0 Å². The van der Waals surface area contributed by atoms with Crippen molar-refractivity contribution >= 4 is 11.8 Å². The molecule has 2 N–H and O–H groups in total. The van der Waals surface area contributed by atoms with Crippen molar-refractivity contribution in [3.8, 4) is 0 Å². The van der Waals surface area contributed by atoms with Gasteiger partial charge in [-0.05, 0) is 31.7 Å². The Bertz CT molecular complexity index is 548. The lowest BCUT2D eigenvalue weighted by Crippen LogP contribution is -2.51. The van der Waals surface area contributed by atoms with Gasteiger partial charge in [0.2, 0.25) is 0 Å². The summed E-state index contributed by atoms with van der Waals surface area (Å²) < 4.78 is 13.4. The molecule has 1 rings (SSSR count). The van der Waals surface area contributed by atoms with E-state index in [1.54, 1.807) is 18.2 Å². The van der Waals surface area contributed by atoms with Gasteiger partial charge in [0, 0.05) is 17.6 Å². The minimum Gasteiger partial charge on any atom is -0.344 e. The van der Waals surface area contributed by atoms with Crippen LogP contribution in [0.1, 0.15) is 46.6 Å². The summed E-state index contributed by atoms with van der Waals surface area (Å²) in [7, 11) is 0. The van der Waals surface area contributed by atoms with E-state index >= 15 is 0 Å². The third-order valence-corrected chi connectivity index (χ3v) is 3.03. The number of carbonyl (C=O) groups is 2. The molecule has 0 fully saturated rings. The van der Waals surface area contributed by atoms with Crippen molar-refractivity contribution in [1.29, 1.82) is 0 Å². The summed E-state index contributed by atoms with van der Waals surface area (Å²) in [5.41, 5.74) is -0.122. The SMILES string of the molecule is CC(C)(C)CC(C)(C)NC(=O)C(=O)NCc1ccccc1F. The van der Waals surface area contributed by atoms with Crippen LogP contribution < -0.4 is 10.6 Å². The number of benzene rings is 1. The zero-order valence-electron chi connectivity index (χ0n) is 13.9. The van der Waals surface area contributed by atoms with Crippen LogP contribution in [0.25, 0.3) is 0 Å². The number of nitrogens with one attached hydrogen (secondary N) is 2. The van der Waals surface area contributed by atoms with E-state index in [0.717, 1.165) is 6.42 Å². The maximum atomic E-state index is 13.4. The second-order valence-electron chi connectivity index (χ2n) is 7.35. The van der Waals surface area contributed by atoms with E-state index in [0.29, 0.717) is 5.56 Å². The highest BCUT2D eigenvalue weighted by Crippen LogP contribution is 2.26. The molecule has 2 amide bonds.